The van der Waals surface area contributed by atoms with Crippen LogP contribution in [0.2, 0.25) is 0 Å². The van der Waals surface area contributed by atoms with E-state index < -0.39 is 0 Å². The molecular weight excluding hydrogens is 326 g/mol. The first kappa shape index (κ1) is 16.5. The van der Waals surface area contributed by atoms with Crippen molar-refractivity contribution in [2.45, 2.75) is 26.4 Å². The molecule has 0 fully saturated rings. The molecule has 1 aliphatic rings. The number of phenols is 1. The molecule has 0 aliphatic carbocycles. The summed E-state index contributed by atoms with van der Waals surface area (Å²) in [6.45, 7) is 4.03. The van der Waals surface area contributed by atoms with Crippen molar-refractivity contribution >= 4 is 0 Å². The van der Waals surface area contributed by atoms with Crippen LogP contribution in [-0.4, -0.2) is 26.5 Å². The highest BCUT2D eigenvalue weighted by Crippen LogP contribution is 2.24. The molecule has 5 heteroatoms. The van der Waals surface area contributed by atoms with Gasteiger partial charge >= 0.3 is 0 Å². The number of aromatic nitrogens is 2. The van der Waals surface area contributed by atoms with E-state index in [1.165, 1.54) is 0 Å². The Kier molecular flexibility index (Phi) is 4.31. The van der Waals surface area contributed by atoms with E-state index in [0.717, 1.165) is 34.5 Å². The van der Waals surface area contributed by atoms with E-state index in [4.69, 9.17) is 4.98 Å². The van der Waals surface area contributed by atoms with Gasteiger partial charge in [0.1, 0.15) is 11.6 Å². The third-order valence-electron chi connectivity index (χ3n) is 4.83. The molecule has 2 N–H and O–H groups in total. The zero-order valence-corrected chi connectivity index (χ0v) is 14.7. The van der Waals surface area contributed by atoms with Gasteiger partial charge in [0.05, 0.1) is 5.69 Å². The predicted molar refractivity (Wildman–Crippen MR) is 101 cm³/mol. The number of fused-ring (bicyclic) bond motifs is 1. The minimum Gasteiger partial charge on any atom is -0.508 e. The average molecular weight is 347 g/mol. The second kappa shape index (κ2) is 6.77. The SMILES string of the molecule is Cc1ccc(O)c(CN2CCc3c(nc(-c4ccccc4)[nH]c3=O)C2)c1. The molecular formula is C21H21N3O2. The van der Waals surface area contributed by atoms with E-state index in [-0.39, 0.29) is 5.56 Å². The molecule has 2 aromatic carbocycles. The molecule has 132 valence electrons. The quantitative estimate of drug-likeness (QED) is 0.764. The van der Waals surface area contributed by atoms with Crippen LogP contribution in [0.5, 0.6) is 5.75 Å². The molecule has 0 spiro atoms. The van der Waals surface area contributed by atoms with Crippen LogP contribution in [0.25, 0.3) is 11.4 Å². The van der Waals surface area contributed by atoms with Gasteiger partial charge in [-0.3, -0.25) is 9.69 Å². The van der Waals surface area contributed by atoms with Crippen LogP contribution >= 0.6 is 0 Å². The van der Waals surface area contributed by atoms with Gasteiger partial charge in [-0.2, -0.15) is 0 Å². The maximum absolute atomic E-state index is 12.5. The van der Waals surface area contributed by atoms with Crippen molar-refractivity contribution < 1.29 is 5.11 Å². The maximum Gasteiger partial charge on any atom is 0.254 e. The molecule has 0 radical (unpaired) electrons. The Morgan fingerprint density at radius 3 is 2.81 bits per heavy atom. The van der Waals surface area contributed by atoms with E-state index >= 15 is 0 Å². The number of aromatic hydroxyl groups is 1. The molecule has 2 heterocycles. The van der Waals surface area contributed by atoms with Crippen LogP contribution in [0, 0.1) is 6.92 Å². The molecule has 0 saturated heterocycles. The normalized spacial score (nSPS) is 14.2. The smallest absolute Gasteiger partial charge is 0.254 e. The average Bonchev–Trinajstić information content (AvgIpc) is 2.65. The van der Waals surface area contributed by atoms with Gasteiger partial charge in [0.25, 0.3) is 5.56 Å². The predicted octanol–water partition coefficient (Wildman–Crippen LogP) is 3.01. The van der Waals surface area contributed by atoms with E-state index in [9.17, 15) is 9.90 Å². The van der Waals surface area contributed by atoms with Crippen LogP contribution in [0.4, 0.5) is 0 Å². The van der Waals surface area contributed by atoms with Gasteiger partial charge in [-0.05, 0) is 19.4 Å². The number of hydrogen-bond acceptors (Lipinski definition) is 4. The largest absolute Gasteiger partial charge is 0.508 e. The summed E-state index contributed by atoms with van der Waals surface area (Å²) in [5, 5.41) is 10.1. The lowest BCUT2D eigenvalue weighted by Crippen LogP contribution is -2.35. The topological polar surface area (TPSA) is 69.2 Å². The lowest BCUT2D eigenvalue weighted by atomic mass is 10.0. The van der Waals surface area contributed by atoms with E-state index in [2.05, 4.69) is 9.88 Å². The molecule has 5 nitrogen and oxygen atoms in total. The lowest BCUT2D eigenvalue weighted by Gasteiger charge is -2.28. The second-order valence-electron chi connectivity index (χ2n) is 6.80. The molecule has 0 amide bonds. The number of aromatic amines is 1. The van der Waals surface area contributed by atoms with Crippen LogP contribution in [0.15, 0.2) is 53.3 Å². The summed E-state index contributed by atoms with van der Waals surface area (Å²) >= 11 is 0. The Balaban J connectivity index is 1.62. The standard InChI is InChI=1S/C21H21N3O2/c1-14-7-8-19(25)16(11-14)12-24-10-9-17-18(13-24)22-20(23-21(17)26)15-5-3-2-4-6-15/h2-8,11,25H,9-10,12-13H2,1H3,(H,22,23,26). The van der Waals surface area contributed by atoms with Crippen molar-refractivity contribution in [2.24, 2.45) is 0 Å². The summed E-state index contributed by atoms with van der Waals surface area (Å²) in [7, 11) is 0. The van der Waals surface area contributed by atoms with Crippen LogP contribution in [-0.2, 0) is 19.5 Å². The minimum atomic E-state index is -0.0492. The number of hydrogen-bond donors (Lipinski definition) is 2. The monoisotopic (exact) mass is 347 g/mol. The third-order valence-corrected chi connectivity index (χ3v) is 4.83. The molecule has 0 unspecified atom stereocenters. The van der Waals surface area contributed by atoms with Gasteiger partial charge in [-0.15, -0.1) is 0 Å². The number of nitrogens with one attached hydrogen (secondary N) is 1. The third kappa shape index (κ3) is 3.26. The maximum atomic E-state index is 12.5. The molecule has 0 atom stereocenters. The van der Waals surface area contributed by atoms with Gasteiger partial charge in [0.2, 0.25) is 0 Å². The number of phenolic OH excluding ortho intramolecular Hbond substituents is 1. The van der Waals surface area contributed by atoms with Crippen LogP contribution in [0.1, 0.15) is 22.4 Å². The highest BCUT2D eigenvalue weighted by Gasteiger charge is 2.22. The fourth-order valence-corrected chi connectivity index (χ4v) is 3.44. The van der Waals surface area contributed by atoms with Gasteiger partial charge in [0, 0.05) is 36.3 Å². The number of rotatable bonds is 3. The molecule has 0 bridgehead atoms. The number of aryl methyl sites for hydroxylation is 1. The summed E-state index contributed by atoms with van der Waals surface area (Å²) in [5.74, 6) is 0.917. The van der Waals surface area contributed by atoms with E-state index in [1.54, 1.807) is 6.07 Å². The summed E-state index contributed by atoms with van der Waals surface area (Å²) in [4.78, 5) is 22.3. The van der Waals surface area contributed by atoms with E-state index in [0.29, 0.717) is 31.1 Å². The number of nitrogens with zero attached hydrogens (tertiary/aromatic N) is 2. The Labute approximate surface area is 152 Å². The number of H-pyrrole nitrogens is 1. The van der Waals surface area contributed by atoms with Gasteiger partial charge in [-0.1, -0.05) is 48.0 Å². The van der Waals surface area contributed by atoms with Gasteiger partial charge in [0.15, 0.2) is 0 Å². The molecule has 1 aliphatic heterocycles. The Bertz CT molecular complexity index is 996. The highest BCUT2D eigenvalue weighted by molar-refractivity contribution is 5.54. The minimum absolute atomic E-state index is 0.0492. The summed E-state index contributed by atoms with van der Waals surface area (Å²) in [6, 6.07) is 15.3. The summed E-state index contributed by atoms with van der Waals surface area (Å²) in [6.07, 6.45) is 0.666. The zero-order chi connectivity index (χ0) is 18.1. The Hall–Kier alpha value is -2.92. The first-order valence-electron chi connectivity index (χ1n) is 8.78. The van der Waals surface area contributed by atoms with Gasteiger partial charge < -0.3 is 10.1 Å². The van der Waals surface area contributed by atoms with E-state index in [1.807, 2.05) is 49.4 Å². The number of benzene rings is 2. The fourth-order valence-electron chi connectivity index (χ4n) is 3.44. The van der Waals surface area contributed by atoms with Crippen LogP contribution in [0.3, 0.4) is 0 Å². The van der Waals surface area contributed by atoms with Crippen molar-refractivity contribution in [3.05, 3.63) is 81.3 Å². The van der Waals surface area contributed by atoms with Gasteiger partial charge in [-0.25, -0.2) is 4.98 Å². The molecule has 4 rings (SSSR count). The first-order chi connectivity index (χ1) is 12.6. The summed E-state index contributed by atoms with van der Waals surface area (Å²) in [5.41, 5.74) is 4.48. The Morgan fingerprint density at radius 1 is 1.19 bits per heavy atom. The molecule has 0 saturated carbocycles. The van der Waals surface area contributed by atoms with Crippen LogP contribution < -0.4 is 5.56 Å². The van der Waals surface area contributed by atoms with Crippen molar-refractivity contribution in [3.8, 4) is 17.1 Å². The summed E-state index contributed by atoms with van der Waals surface area (Å²) < 4.78 is 0. The van der Waals surface area contributed by atoms with Crippen molar-refractivity contribution in [1.29, 1.82) is 0 Å². The molecule has 3 aromatic rings. The fraction of sp³-hybridized carbons (Fsp3) is 0.238. The lowest BCUT2D eigenvalue weighted by molar-refractivity contribution is 0.237. The second-order valence-corrected chi connectivity index (χ2v) is 6.80. The molecule has 1 aromatic heterocycles. The zero-order valence-electron chi connectivity index (χ0n) is 14.7. The Morgan fingerprint density at radius 2 is 2.00 bits per heavy atom. The first-order valence-corrected chi connectivity index (χ1v) is 8.78. The molecule has 26 heavy (non-hydrogen) atoms. The van der Waals surface area contributed by atoms with Crippen molar-refractivity contribution in [3.63, 3.8) is 0 Å². The highest BCUT2D eigenvalue weighted by atomic mass is 16.3. The van der Waals surface area contributed by atoms with Crippen molar-refractivity contribution in [2.75, 3.05) is 6.54 Å². The van der Waals surface area contributed by atoms with Crippen molar-refractivity contribution in [1.82, 2.24) is 14.9 Å².